The second-order valence-electron chi connectivity index (χ2n) is 3.77. The third kappa shape index (κ3) is 1.78. The normalized spacial score (nSPS) is 15.0. The number of fused-ring (bicyclic) bond motifs is 1. The van der Waals surface area contributed by atoms with Gasteiger partial charge in [0.1, 0.15) is 5.82 Å². The molecule has 1 aliphatic rings. The number of halogens is 1. The van der Waals surface area contributed by atoms with E-state index in [2.05, 4.69) is 15.4 Å². The number of hydrazine groups is 1. The molecule has 15 heavy (non-hydrogen) atoms. The molecule has 0 unspecified atom stereocenters. The predicted octanol–water partition coefficient (Wildman–Crippen LogP) is 2.15. The zero-order valence-corrected chi connectivity index (χ0v) is 8.97. The van der Waals surface area contributed by atoms with Crippen LogP contribution in [0.15, 0.2) is 18.2 Å². The van der Waals surface area contributed by atoms with Gasteiger partial charge in [0.05, 0.1) is 16.7 Å². The zero-order valence-electron chi connectivity index (χ0n) is 8.16. The Morgan fingerprint density at radius 2 is 2.20 bits per heavy atom. The largest absolute Gasteiger partial charge is 0.342 e. The number of hydrogen-bond donors (Lipinski definition) is 3. The molecule has 2 aromatic rings. The number of imidazole rings is 1. The summed E-state index contributed by atoms with van der Waals surface area (Å²) in [6.07, 6.45) is 2.53. The highest BCUT2D eigenvalue weighted by Crippen LogP contribution is 2.39. The molecule has 1 fully saturated rings. The first-order valence-corrected chi connectivity index (χ1v) is 4.83. The molecule has 1 aliphatic carbocycles. The van der Waals surface area contributed by atoms with Crippen LogP contribution in [0, 0.1) is 0 Å². The third-order valence-electron chi connectivity index (χ3n) is 2.63. The smallest absolute Gasteiger partial charge is 0.110 e. The molecule has 0 radical (unpaired) electrons. The van der Waals surface area contributed by atoms with Crippen LogP contribution >= 0.6 is 12.4 Å². The van der Waals surface area contributed by atoms with E-state index in [1.54, 1.807) is 0 Å². The van der Waals surface area contributed by atoms with Crippen LogP contribution in [0.25, 0.3) is 11.0 Å². The Labute approximate surface area is 93.6 Å². The maximum Gasteiger partial charge on any atom is 0.110 e. The molecule has 0 saturated heterocycles. The number of nitrogens with one attached hydrogen (secondary N) is 2. The van der Waals surface area contributed by atoms with Gasteiger partial charge in [-0.25, -0.2) is 4.98 Å². The lowest BCUT2D eigenvalue weighted by atomic mass is 10.3. The van der Waals surface area contributed by atoms with E-state index >= 15 is 0 Å². The van der Waals surface area contributed by atoms with Gasteiger partial charge in [0, 0.05) is 5.92 Å². The van der Waals surface area contributed by atoms with Crippen molar-refractivity contribution in [1.29, 1.82) is 0 Å². The Bertz CT molecular complexity index is 475. The second kappa shape index (κ2) is 3.72. The Morgan fingerprint density at radius 3 is 2.87 bits per heavy atom. The van der Waals surface area contributed by atoms with E-state index in [-0.39, 0.29) is 12.4 Å². The highest BCUT2D eigenvalue weighted by atomic mass is 35.5. The Kier molecular flexibility index (Phi) is 2.54. The minimum absolute atomic E-state index is 0. The molecule has 0 atom stereocenters. The number of benzene rings is 1. The first-order valence-electron chi connectivity index (χ1n) is 4.83. The summed E-state index contributed by atoms with van der Waals surface area (Å²) in [7, 11) is 0. The summed E-state index contributed by atoms with van der Waals surface area (Å²) in [6.45, 7) is 0. The quantitative estimate of drug-likeness (QED) is 0.541. The topological polar surface area (TPSA) is 66.7 Å². The van der Waals surface area contributed by atoms with Crippen molar-refractivity contribution in [3.8, 4) is 0 Å². The minimum Gasteiger partial charge on any atom is -0.342 e. The summed E-state index contributed by atoms with van der Waals surface area (Å²) in [5, 5.41) is 0. The van der Waals surface area contributed by atoms with Gasteiger partial charge >= 0.3 is 0 Å². The number of aromatic nitrogens is 2. The van der Waals surface area contributed by atoms with E-state index in [1.165, 1.54) is 12.8 Å². The maximum atomic E-state index is 5.33. The van der Waals surface area contributed by atoms with Crippen molar-refractivity contribution in [2.75, 3.05) is 5.43 Å². The summed E-state index contributed by atoms with van der Waals surface area (Å²) in [6, 6.07) is 5.90. The molecule has 4 N–H and O–H groups in total. The molecule has 0 aliphatic heterocycles. The van der Waals surface area contributed by atoms with Crippen molar-refractivity contribution in [2.24, 2.45) is 5.84 Å². The molecule has 1 heterocycles. The third-order valence-corrected chi connectivity index (χ3v) is 2.63. The molecular weight excluding hydrogens is 212 g/mol. The lowest BCUT2D eigenvalue weighted by Gasteiger charge is -1.96. The van der Waals surface area contributed by atoms with Crippen LogP contribution in [0.4, 0.5) is 5.69 Å². The van der Waals surface area contributed by atoms with Crippen molar-refractivity contribution >= 4 is 29.1 Å². The van der Waals surface area contributed by atoms with Crippen molar-refractivity contribution in [1.82, 2.24) is 9.97 Å². The molecule has 1 aromatic carbocycles. The highest BCUT2D eigenvalue weighted by molar-refractivity contribution is 5.85. The number of nitrogen functional groups attached to an aromatic ring is 1. The van der Waals surface area contributed by atoms with Gasteiger partial charge in [0.25, 0.3) is 0 Å². The standard InChI is InChI=1S/C10H12N4.ClH/c11-14-7-3-4-8-9(5-7)13-10(12-8)6-1-2-6;/h3-6,14H,1-2,11H2,(H,12,13);1H. The predicted molar refractivity (Wildman–Crippen MR) is 63.1 cm³/mol. The van der Waals surface area contributed by atoms with E-state index in [0.29, 0.717) is 5.92 Å². The van der Waals surface area contributed by atoms with Gasteiger partial charge in [-0.2, -0.15) is 0 Å². The van der Waals surface area contributed by atoms with Crippen molar-refractivity contribution in [2.45, 2.75) is 18.8 Å². The number of H-pyrrole nitrogens is 1. The number of aromatic amines is 1. The first-order chi connectivity index (χ1) is 6.86. The zero-order chi connectivity index (χ0) is 9.54. The number of hydrogen-bond acceptors (Lipinski definition) is 3. The fourth-order valence-electron chi connectivity index (χ4n) is 1.67. The van der Waals surface area contributed by atoms with E-state index in [4.69, 9.17) is 5.84 Å². The van der Waals surface area contributed by atoms with E-state index in [9.17, 15) is 0 Å². The monoisotopic (exact) mass is 224 g/mol. The van der Waals surface area contributed by atoms with Crippen LogP contribution in [-0.2, 0) is 0 Å². The van der Waals surface area contributed by atoms with E-state index < -0.39 is 0 Å². The Balaban J connectivity index is 0.000000853. The highest BCUT2D eigenvalue weighted by Gasteiger charge is 2.26. The lowest BCUT2D eigenvalue weighted by Crippen LogP contribution is -2.05. The Hall–Kier alpha value is -1.26. The molecule has 5 heteroatoms. The van der Waals surface area contributed by atoms with Gasteiger partial charge in [-0.05, 0) is 31.0 Å². The molecule has 1 saturated carbocycles. The van der Waals surface area contributed by atoms with Gasteiger partial charge in [0.15, 0.2) is 0 Å². The summed E-state index contributed by atoms with van der Waals surface area (Å²) in [4.78, 5) is 7.86. The number of anilines is 1. The lowest BCUT2D eigenvalue weighted by molar-refractivity contribution is 0.986. The summed E-state index contributed by atoms with van der Waals surface area (Å²) in [5.74, 6) is 7.12. The van der Waals surface area contributed by atoms with Gasteiger partial charge in [-0.3, -0.25) is 5.84 Å². The molecule has 0 amide bonds. The van der Waals surface area contributed by atoms with Crippen LogP contribution in [0.2, 0.25) is 0 Å². The molecule has 0 spiro atoms. The molecule has 0 bridgehead atoms. The minimum atomic E-state index is 0. The number of nitrogens with zero attached hydrogens (tertiary/aromatic N) is 1. The van der Waals surface area contributed by atoms with Gasteiger partial charge in [-0.1, -0.05) is 0 Å². The number of nitrogens with two attached hydrogens (primary N) is 1. The van der Waals surface area contributed by atoms with Crippen LogP contribution in [0.5, 0.6) is 0 Å². The van der Waals surface area contributed by atoms with Crippen molar-refractivity contribution < 1.29 is 0 Å². The van der Waals surface area contributed by atoms with Crippen molar-refractivity contribution in [3.63, 3.8) is 0 Å². The molecule has 3 rings (SSSR count). The Morgan fingerprint density at radius 1 is 1.40 bits per heavy atom. The van der Waals surface area contributed by atoms with E-state index in [0.717, 1.165) is 22.5 Å². The molecular formula is C10H13ClN4. The second-order valence-corrected chi connectivity index (χ2v) is 3.77. The first kappa shape index (κ1) is 10.3. The summed E-state index contributed by atoms with van der Waals surface area (Å²) >= 11 is 0. The van der Waals surface area contributed by atoms with Crippen LogP contribution in [0.1, 0.15) is 24.6 Å². The summed E-state index contributed by atoms with van der Waals surface area (Å²) in [5.41, 5.74) is 5.59. The number of rotatable bonds is 2. The maximum absolute atomic E-state index is 5.33. The van der Waals surface area contributed by atoms with Crippen LogP contribution in [-0.4, -0.2) is 9.97 Å². The van der Waals surface area contributed by atoms with Crippen LogP contribution < -0.4 is 11.3 Å². The van der Waals surface area contributed by atoms with Gasteiger partial charge in [0.2, 0.25) is 0 Å². The van der Waals surface area contributed by atoms with Gasteiger partial charge < -0.3 is 10.4 Å². The average Bonchev–Trinajstić information content (AvgIpc) is 2.97. The average molecular weight is 225 g/mol. The molecule has 4 nitrogen and oxygen atoms in total. The van der Waals surface area contributed by atoms with Crippen LogP contribution in [0.3, 0.4) is 0 Å². The van der Waals surface area contributed by atoms with Gasteiger partial charge in [-0.15, -0.1) is 12.4 Å². The van der Waals surface area contributed by atoms with E-state index in [1.807, 2.05) is 18.2 Å². The molecule has 1 aromatic heterocycles. The fourth-order valence-corrected chi connectivity index (χ4v) is 1.67. The SMILES string of the molecule is Cl.NNc1ccc2[nH]c(C3CC3)nc2c1. The summed E-state index contributed by atoms with van der Waals surface area (Å²) < 4.78 is 0. The van der Waals surface area contributed by atoms with Crippen molar-refractivity contribution in [3.05, 3.63) is 24.0 Å². The fraction of sp³-hybridized carbons (Fsp3) is 0.300. The molecule has 80 valence electrons.